The van der Waals surface area contributed by atoms with E-state index in [1.165, 1.54) is 18.6 Å². The molecule has 3 rings (SSSR count). The molecule has 0 spiro atoms. The first-order chi connectivity index (χ1) is 12.4. The zero-order chi connectivity index (χ0) is 19.1. The molecule has 0 amide bonds. The van der Waals surface area contributed by atoms with E-state index in [4.69, 9.17) is 5.11 Å². The monoisotopic (exact) mass is 550 g/mol. The molecule has 1 N–H and O–H groups in total. The first kappa shape index (κ1) is 22.3. The zero-order valence-corrected chi connectivity index (χ0v) is 16.7. The van der Waals surface area contributed by atoms with Crippen LogP contribution in [0.3, 0.4) is 0 Å². The van der Waals surface area contributed by atoms with E-state index in [1.807, 2.05) is 25.1 Å². The van der Waals surface area contributed by atoms with E-state index >= 15 is 0 Å². The van der Waals surface area contributed by atoms with E-state index < -0.39 is 17.6 Å². The summed E-state index contributed by atoms with van der Waals surface area (Å²) in [6.45, 7) is 0. The van der Waals surface area contributed by atoms with E-state index in [9.17, 15) is 13.6 Å². The van der Waals surface area contributed by atoms with Crippen molar-refractivity contribution >= 4 is 11.7 Å². The molecule has 1 aromatic carbocycles. The fourth-order valence-electron chi connectivity index (χ4n) is 1.89. The van der Waals surface area contributed by atoms with Crippen LogP contribution in [-0.2, 0) is 20.1 Å². The van der Waals surface area contributed by atoms with Gasteiger partial charge in [-0.3, -0.25) is 13.8 Å². The predicted octanol–water partition coefficient (Wildman–Crippen LogP) is 3.07. The SMILES string of the molecule is CN(C)c1ccnc(-c2[c-]cc(F)cc2F)c1.O=C(O)c1cnccn1.[Ir]. The summed E-state index contributed by atoms with van der Waals surface area (Å²) in [4.78, 5) is 23.1. The Morgan fingerprint density at radius 2 is 1.89 bits per heavy atom. The quantitative estimate of drug-likeness (QED) is 0.506. The second-order valence-electron chi connectivity index (χ2n) is 5.23. The molecule has 0 atom stereocenters. The summed E-state index contributed by atoms with van der Waals surface area (Å²) in [7, 11) is 3.76. The Labute approximate surface area is 168 Å². The summed E-state index contributed by atoms with van der Waals surface area (Å²) >= 11 is 0. The number of carboxylic acids is 1. The molecule has 1 radical (unpaired) electrons. The molecule has 0 aliphatic heterocycles. The average Bonchev–Trinajstić information content (AvgIpc) is 2.63. The summed E-state index contributed by atoms with van der Waals surface area (Å²) in [5, 5.41) is 8.28. The molecule has 2 heterocycles. The number of carboxylic acid groups (broad SMARTS) is 1. The van der Waals surface area contributed by atoms with Crippen molar-refractivity contribution in [2.75, 3.05) is 19.0 Å². The minimum atomic E-state index is -1.05. The summed E-state index contributed by atoms with van der Waals surface area (Å²) < 4.78 is 26.3. The number of carbonyl (C=O) groups is 1. The van der Waals surface area contributed by atoms with Gasteiger partial charge in [-0.25, -0.2) is 9.78 Å². The van der Waals surface area contributed by atoms with E-state index in [2.05, 4.69) is 21.0 Å². The number of pyridine rings is 1. The normalized spacial score (nSPS) is 9.48. The van der Waals surface area contributed by atoms with Crippen LogP contribution in [0.25, 0.3) is 11.3 Å². The topological polar surface area (TPSA) is 79.2 Å². The third-order valence-corrected chi connectivity index (χ3v) is 3.16. The van der Waals surface area contributed by atoms with Crippen molar-refractivity contribution in [3.05, 3.63) is 72.4 Å². The van der Waals surface area contributed by atoms with Gasteiger partial charge in [0.05, 0.1) is 6.20 Å². The van der Waals surface area contributed by atoms with E-state index in [0.29, 0.717) is 5.69 Å². The van der Waals surface area contributed by atoms with Gasteiger partial charge in [-0.1, -0.05) is 17.7 Å². The Kier molecular flexibility index (Phi) is 8.57. The van der Waals surface area contributed by atoms with Crippen LogP contribution in [0.5, 0.6) is 0 Å². The second-order valence-corrected chi connectivity index (χ2v) is 5.23. The molecule has 143 valence electrons. The standard InChI is InChI=1S/C13H11F2N2.C5H4N2O2.Ir/c1-17(2)10-5-6-16-13(8-10)11-4-3-9(14)7-12(11)15;8-5(9)4-3-6-1-2-7-4;/h3,5-8H,1-2H3;1-3H,(H,8,9);/q-1;;. The summed E-state index contributed by atoms with van der Waals surface area (Å²) in [6, 6.07) is 8.02. The first-order valence-electron chi connectivity index (χ1n) is 7.38. The van der Waals surface area contributed by atoms with Crippen LogP contribution in [0, 0.1) is 17.7 Å². The van der Waals surface area contributed by atoms with Crippen molar-refractivity contribution in [1.29, 1.82) is 0 Å². The Balaban J connectivity index is 0.000000310. The third-order valence-electron chi connectivity index (χ3n) is 3.16. The van der Waals surface area contributed by atoms with Crippen LogP contribution < -0.4 is 4.90 Å². The van der Waals surface area contributed by atoms with Crippen molar-refractivity contribution in [2.45, 2.75) is 0 Å². The fourth-order valence-corrected chi connectivity index (χ4v) is 1.89. The van der Waals surface area contributed by atoms with Gasteiger partial charge in [0.15, 0.2) is 5.69 Å². The number of rotatable bonds is 3. The number of hydrogen-bond donors (Lipinski definition) is 1. The van der Waals surface area contributed by atoms with Crippen molar-refractivity contribution in [3.63, 3.8) is 0 Å². The third kappa shape index (κ3) is 6.47. The van der Waals surface area contributed by atoms with Gasteiger partial charge in [0.1, 0.15) is 0 Å². The van der Waals surface area contributed by atoms with Gasteiger partial charge in [0.2, 0.25) is 0 Å². The van der Waals surface area contributed by atoms with Crippen molar-refractivity contribution in [3.8, 4) is 11.3 Å². The Bertz CT molecular complexity index is 896. The van der Waals surface area contributed by atoms with Gasteiger partial charge >= 0.3 is 5.97 Å². The van der Waals surface area contributed by atoms with Crippen LogP contribution in [0.4, 0.5) is 14.5 Å². The zero-order valence-electron chi connectivity index (χ0n) is 14.4. The predicted molar refractivity (Wildman–Crippen MR) is 91.7 cm³/mol. The van der Waals surface area contributed by atoms with Gasteiger partial charge in [-0.2, -0.15) is 0 Å². The molecule has 6 nitrogen and oxygen atoms in total. The smallest absolute Gasteiger partial charge is 0.356 e. The number of benzene rings is 1. The van der Waals surface area contributed by atoms with Crippen LogP contribution in [0.15, 0.2) is 49.1 Å². The maximum Gasteiger partial charge on any atom is 0.356 e. The molecule has 0 aliphatic carbocycles. The van der Waals surface area contributed by atoms with Gasteiger partial charge in [0.25, 0.3) is 0 Å². The number of nitrogens with zero attached hydrogens (tertiary/aromatic N) is 4. The van der Waals surface area contributed by atoms with Crippen LogP contribution in [0.1, 0.15) is 10.5 Å². The number of halogens is 2. The Morgan fingerprint density at radius 1 is 1.15 bits per heavy atom. The fraction of sp³-hybridized carbons (Fsp3) is 0.111. The number of anilines is 1. The van der Waals surface area contributed by atoms with Gasteiger partial charge in [0, 0.05) is 70.1 Å². The molecule has 0 fully saturated rings. The Hall–Kier alpha value is -2.77. The summed E-state index contributed by atoms with van der Waals surface area (Å²) in [6.07, 6.45) is 5.54. The van der Waals surface area contributed by atoms with Gasteiger partial charge in [-0.05, 0) is 11.8 Å². The molecule has 9 heteroatoms. The largest absolute Gasteiger partial charge is 0.476 e. The molecule has 0 aliphatic rings. The van der Waals surface area contributed by atoms with Gasteiger partial charge in [-0.15, -0.1) is 12.1 Å². The van der Waals surface area contributed by atoms with E-state index in [0.717, 1.165) is 17.8 Å². The van der Waals surface area contributed by atoms with E-state index in [-0.39, 0.29) is 31.4 Å². The van der Waals surface area contributed by atoms with Crippen LogP contribution in [0.2, 0.25) is 0 Å². The molecule has 0 unspecified atom stereocenters. The molecule has 0 saturated carbocycles. The van der Waals surface area contributed by atoms with Crippen molar-refractivity contribution in [1.82, 2.24) is 15.0 Å². The molecule has 0 saturated heterocycles. The number of aromatic carboxylic acids is 1. The number of aromatic nitrogens is 3. The molecule has 0 bridgehead atoms. The molecular weight excluding hydrogens is 534 g/mol. The average molecular weight is 550 g/mol. The molecule has 3 aromatic rings. The minimum absolute atomic E-state index is 0. The first-order valence-corrected chi connectivity index (χ1v) is 7.38. The second kappa shape index (κ2) is 10.4. The molecule has 27 heavy (non-hydrogen) atoms. The van der Waals surface area contributed by atoms with Crippen molar-refractivity contribution < 1.29 is 38.8 Å². The molecular formula is C18H15F2IrN4O2-. The Morgan fingerprint density at radius 3 is 2.41 bits per heavy atom. The summed E-state index contributed by atoms with van der Waals surface area (Å²) in [5.74, 6) is -2.36. The molecule has 2 aromatic heterocycles. The van der Waals surface area contributed by atoms with E-state index in [1.54, 1.807) is 12.3 Å². The van der Waals surface area contributed by atoms with Crippen molar-refractivity contribution in [2.24, 2.45) is 0 Å². The minimum Gasteiger partial charge on any atom is -0.476 e. The maximum atomic E-state index is 13.5. The maximum absolute atomic E-state index is 13.5. The van der Waals surface area contributed by atoms with Crippen LogP contribution in [-0.4, -0.2) is 40.1 Å². The van der Waals surface area contributed by atoms with Crippen LogP contribution >= 0.6 is 0 Å². The van der Waals surface area contributed by atoms with Gasteiger partial charge < -0.3 is 15.0 Å². The number of hydrogen-bond acceptors (Lipinski definition) is 5. The summed E-state index contributed by atoms with van der Waals surface area (Å²) in [5.41, 5.74) is 1.48.